The Morgan fingerprint density at radius 1 is 1.05 bits per heavy atom. The second-order valence-corrected chi connectivity index (χ2v) is 11.5. The fourth-order valence-corrected chi connectivity index (χ4v) is 6.31. The summed E-state index contributed by atoms with van der Waals surface area (Å²) < 4.78 is 8.70. The van der Waals surface area contributed by atoms with Crippen molar-refractivity contribution in [2.45, 2.75) is 44.6 Å². The molecular weight excluding hydrogens is 512 g/mol. The maximum absolute atomic E-state index is 10.0. The number of nitrogen functional groups attached to an aromatic ring is 1. The number of nitrogens with two attached hydrogens (primary N) is 1. The van der Waals surface area contributed by atoms with Crippen LogP contribution >= 0.6 is 0 Å². The molecule has 0 radical (unpaired) electrons. The molecule has 1 aliphatic carbocycles. The van der Waals surface area contributed by atoms with E-state index < -0.39 is 6.29 Å². The molecule has 2 aliphatic rings. The molecular formula is C34H40N4O3. The van der Waals surface area contributed by atoms with Crippen molar-refractivity contribution in [3.05, 3.63) is 89.5 Å². The molecule has 1 atom stereocenters. The summed E-state index contributed by atoms with van der Waals surface area (Å²) in [6.07, 6.45) is 6.56. The fraction of sp³-hybridized carbons (Fsp3) is 0.353. The topological polar surface area (TPSA) is 87.1 Å². The largest absolute Gasteiger partial charge is 0.489 e. The number of nitrogens with zero attached hydrogens (tertiary/aromatic N) is 3. The summed E-state index contributed by atoms with van der Waals surface area (Å²) >= 11 is 0. The molecule has 3 aromatic carbocycles. The highest BCUT2D eigenvalue weighted by molar-refractivity contribution is 5.96. The lowest BCUT2D eigenvalue weighted by Gasteiger charge is -2.27. The molecule has 0 bridgehead atoms. The van der Waals surface area contributed by atoms with E-state index in [9.17, 15) is 10.2 Å². The molecule has 6 rings (SSSR count). The normalized spacial score (nSPS) is 16.7. The smallest absolute Gasteiger partial charge is 0.178 e. The number of fused-ring (bicyclic) bond motifs is 5. The highest BCUT2D eigenvalue weighted by Crippen LogP contribution is 2.47. The minimum atomic E-state index is -1.50. The third kappa shape index (κ3) is 5.58. The van der Waals surface area contributed by atoms with Crippen LogP contribution in [0, 0.1) is 0 Å². The molecule has 1 aromatic heterocycles. The number of ether oxygens (including phenoxy) is 1. The predicted octanol–water partition coefficient (Wildman–Crippen LogP) is 5.66. The minimum Gasteiger partial charge on any atom is -0.489 e. The van der Waals surface area contributed by atoms with E-state index in [-0.39, 0.29) is 0 Å². The van der Waals surface area contributed by atoms with Gasteiger partial charge in [-0.05, 0) is 74.8 Å². The number of aromatic nitrogens is 1. The van der Waals surface area contributed by atoms with Gasteiger partial charge in [-0.15, -0.1) is 0 Å². The number of likely N-dealkylation sites (N-methyl/N-ethyl adjacent to an activating group) is 1. The van der Waals surface area contributed by atoms with Crippen LogP contribution in [-0.2, 0) is 13.2 Å². The van der Waals surface area contributed by atoms with Crippen LogP contribution in [0.15, 0.2) is 72.8 Å². The van der Waals surface area contributed by atoms with Crippen molar-refractivity contribution >= 4 is 22.3 Å². The quantitative estimate of drug-likeness (QED) is 0.149. The Kier molecular flexibility index (Phi) is 7.75. The number of allylic oxidation sites excluding steroid dienone is 2. The molecule has 1 unspecified atom stereocenters. The Bertz CT molecular complexity index is 1570. The number of aliphatic hydroxyl groups excluding tert-OH is 1. The van der Waals surface area contributed by atoms with Crippen LogP contribution in [0.1, 0.15) is 48.2 Å². The Morgan fingerprint density at radius 3 is 2.68 bits per heavy atom. The van der Waals surface area contributed by atoms with E-state index in [1.807, 2.05) is 36.4 Å². The van der Waals surface area contributed by atoms with E-state index in [0.29, 0.717) is 18.1 Å². The third-order valence-electron chi connectivity index (χ3n) is 8.38. The highest BCUT2D eigenvalue weighted by atomic mass is 16.5. The van der Waals surface area contributed by atoms with Gasteiger partial charge in [-0.1, -0.05) is 36.4 Å². The summed E-state index contributed by atoms with van der Waals surface area (Å²) in [6, 6.07) is 20.2. The van der Waals surface area contributed by atoms with E-state index in [1.54, 1.807) is 0 Å². The summed E-state index contributed by atoms with van der Waals surface area (Å²) in [6.45, 7) is 3.91. The van der Waals surface area contributed by atoms with E-state index in [0.717, 1.165) is 61.5 Å². The van der Waals surface area contributed by atoms with Gasteiger partial charge in [0.15, 0.2) is 6.29 Å². The lowest BCUT2D eigenvalue weighted by atomic mass is 9.85. The summed E-state index contributed by atoms with van der Waals surface area (Å²) in [4.78, 5) is 4.68. The zero-order chi connectivity index (χ0) is 28.5. The van der Waals surface area contributed by atoms with Crippen molar-refractivity contribution in [1.82, 2.24) is 9.47 Å². The number of aliphatic hydroxyl groups is 2. The lowest BCUT2D eigenvalue weighted by Crippen LogP contribution is -2.33. The molecule has 4 aromatic rings. The summed E-state index contributed by atoms with van der Waals surface area (Å²) in [5.74, 6) is 1.14. The zero-order valence-electron chi connectivity index (χ0n) is 24.0. The van der Waals surface area contributed by atoms with Crippen LogP contribution in [0.25, 0.3) is 22.2 Å². The molecule has 4 N–H and O–H groups in total. The number of hydrogen-bond acceptors (Lipinski definition) is 6. The first-order valence-electron chi connectivity index (χ1n) is 14.6. The Labute approximate surface area is 242 Å². The molecule has 0 fully saturated rings. The first-order valence-corrected chi connectivity index (χ1v) is 14.6. The number of anilines is 2. The van der Waals surface area contributed by atoms with Crippen LogP contribution < -0.4 is 15.4 Å². The molecule has 7 nitrogen and oxygen atoms in total. The second kappa shape index (κ2) is 11.6. The van der Waals surface area contributed by atoms with Crippen molar-refractivity contribution in [2.24, 2.45) is 0 Å². The monoisotopic (exact) mass is 552 g/mol. The van der Waals surface area contributed by atoms with Crippen LogP contribution in [0.2, 0.25) is 0 Å². The first kappa shape index (κ1) is 27.4. The first-order chi connectivity index (χ1) is 19.9. The predicted molar refractivity (Wildman–Crippen MR) is 166 cm³/mol. The van der Waals surface area contributed by atoms with Crippen LogP contribution in [0.3, 0.4) is 0 Å². The van der Waals surface area contributed by atoms with Gasteiger partial charge in [0, 0.05) is 71.6 Å². The molecule has 0 saturated heterocycles. The molecule has 214 valence electrons. The lowest BCUT2D eigenvalue weighted by molar-refractivity contribution is -0.0424. The molecule has 0 saturated carbocycles. The average Bonchev–Trinajstić information content (AvgIpc) is 3.20. The fourth-order valence-electron chi connectivity index (χ4n) is 6.31. The third-order valence-corrected chi connectivity index (χ3v) is 8.38. The minimum absolute atomic E-state index is 0.313. The van der Waals surface area contributed by atoms with Gasteiger partial charge in [0.25, 0.3) is 0 Å². The van der Waals surface area contributed by atoms with Gasteiger partial charge in [0.05, 0.1) is 5.69 Å². The number of benzene rings is 3. The van der Waals surface area contributed by atoms with Gasteiger partial charge in [-0.2, -0.15) is 0 Å². The molecule has 0 spiro atoms. The van der Waals surface area contributed by atoms with Crippen molar-refractivity contribution in [1.29, 1.82) is 0 Å². The maximum atomic E-state index is 10.0. The van der Waals surface area contributed by atoms with Crippen LogP contribution in [0.4, 0.5) is 11.4 Å². The van der Waals surface area contributed by atoms with E-state index in [2.05, 4.69) is 64.9 Å². The Morgan fingerprint density at radius 2 is 1.93 bits per heavy atom. The molecule has 41 heavy (non-hydrogen) atoms. The highest BCUT2D eigenvalue weighted by Gasteiger charge is 2.30. The van der Waals surface area contributed by atoms with Gasteiger partial charge < -0.3 is 35.1 Å². The number of hydrogen-bond donors (Lipinski definition) is 3. The number of rotatable bonds is 8. The van der Waals surface area contributed by atoms with Crippen LogP contribution in [0.5, 0.6) is 5.75 Å². The van der Waals surface area contributed by atoms with Crippen LogP contribution in [-0.4, -0.2) is 53.4 Å². The molecule has 7 heteroatoms. The van der Waals surface area contributed by atoms with Crippen molar-refractivity contribution in [2.75, 3.05) is 44.4 Å². The summed E-state index contributed by atoms with van der Waals surface area (Å²) in [7, 11) is 4.21. The molecule has 0 amide bonds. The van der Waals surface area contributed by atoms with Crippen molar-refractivity contribution in [3.8, 4) is 17.0 Å². The van der Waals surface area contributed by atoms with E-state index in [1.165, 1.54) is 34.3 Å². The van der Waals surface area contributed by atoms with E-state index in [4.69, 9.17) is 10.5 Å². The molecule has 2 heterocycles. The summed E-state index contributed by atoms with van der Waals surface area (Å²) in [5, 5.41) is 21.2. The molecule has 1 aliphatic heterocycles. The Hall–Kier alpha value is -3.78. The van der Waals surface area contributed by atoms with E-state index >= 15 is 0 Å². The van der Waals surface area contributed by atoms with Gasteiger partial charge in [-0.3, -0.25) is 0 Å². The van der Waals surface area contributed by atoms with Crippen molar-refractivity contribution < 1.29 is 14.9 Å². The van der Waals surface area contributed by atoms with Crippen molar-refractivity contribution in [3.63, 3.8) is 0 Å². The van der Waals surface area contributed by atoms with Gasteiger partial charge in [-0.25, -0.2) is 0 Å². The van der Waals surface area contributed by atoms with Gasteiger partial charge in [0.1, 0.15) is 12.4 Å². The van der Waals surface area contributed by atoms with Gasteiger partial charge in [0.2, 0.25) is 0 Å². The standard InChI is InChI=1S/C34H40N4O3/c1-36(2)15-16-37-17-18-38-31-20-25(34(39)40)11-13-28(31)32(24-8-4-3-5-9-24)33(38)29-14-12-27(21-30(29)37)41-22-23-7-6-10-26(35)19-23/h4,6-8,10-14,19-21,24,34,39-40H,3,5,9,15-18,22,35H2,1-2H3. The zero-order valence-corrected chi connectivity index (χ0v) is 24.0. The summed E-state index contributed by atoms with van der Waals surface area (Å²) in [5.41, 5.74) is 14.3. The maximum Gasteiger partial charge on any atom is 0.178 e. The average molecular weight is 553 g/mol. The SMILES string of the molecule is CN(C)CCN1CCn2c(c(C3C=CCCC3)c3ccc(C(O)O)cc32)-c2ccc(OCc3cccc(N)c3)cc21. The second-order valence-electron chi connectivity index (χ2n) is 11.5. The van der Waals surface area contributed by atoms with Gasteiger partial charge >= 0.3 is 0 Å². The Balaban J connectivity index is 1.49.